The Balaban J connectivity index is 4.00. The first kappa shape index (κ1) is 18.6. The largest absolute Gasteiger partial charge is 0.480 e. The van der Waals surface area contributed by atoms with Gasteiger partial charge in [-0.25, -0.2) is 4.79 Å². The first-order valence-electron chi connectivity index (χ1n) is 6.44. The van der Waals surface area contributed by atoms with Gasteiger partial charge in [-0.15, -0.1) is 0 Å². The molecule has 0 saturated carbocycles. The molecule has 0 radical (unpaired) electrons. The third kappa shape index (κ3) is 7.22. The van der Waals surface area contributed by atoms with Crippen molar-refractivity contribution in [2.45, 2.75) is 31.4 Å². The highest BCUT2D eigenvalue weighted by Crippen LogP contribution is 2.29. The lowest BCUT2D eigenvalue weighted by Gasteiger charge is -2.29. The predicted octanol–water partition coefficient (Wildman–Crippen LogP) is 0.408. The number of carbonyl (C=O) groups excluding carboxylic acids is 2. The number of amides is 3. The van der Waals surface area contributed by atoms with Gasteiger partial charge in [-0.2, -0.15) is 11.8 Å². The van der Waals surface area contributed by atoms with E-state index in [4.69, 9.17) is 5.11 Å². The van der Waals surface area contributed by atoms with E-state index in [0.29, 0.717) is 6.54 Å². The van der Waals surface area contributed by atoms with E-state index in [-0.39, 0.29) is 11.3 Å². The molecule has 0 saturated heterocycles. The van der Waals surface area contributed by atoms with E-state index in [1.165, 1.54) is 0 Å². The Morgan fingerprint density at radius 1 is 1.05 bits per heavy atom. The van der Waals surface area contributed by atoms with E-state index in [2.05, 4.69) is 29.8 Å². The first-order valence-corrected chi connectivity index (χ1v) is 7.67. The molecule has 0 rings (SSSR count). The molecule has 0 aliphatic carbocycles. The summed E-state index contributed by atoms with van der Waals surface area (Å²) in [6.45, 7) is 3.95. The van der Waals surface area contributed by atoms with Crippen LogP contribution in [0.25, 0.3) is 0 Å². The van der Waals surface area contributed by atoms with Crippen LogP contribution in [0, 0.1) is 0 Å². The Labute approximate surface area is 123 Å². The van der Waals surface area contributed by atoms with Crippen LogP contribution in [0.3, 0.4) is 0 Å². The fourth-order valence-corrected chi connectivity index (χ4v) is 2.36. The van der Waals surface area contributed by atoms with Gasteiger partial charge in [-0.1, -0.05) is 13.8 Å². The lowest BCUT2D eigenvalue weighted by atomic mass is 10.0. The number of hydrogen-bond donors (Lipinski definition) is 4. The quantitative estimate of drug-likeness (QED) is 0.493. The van der Waals surface area contributed by atoms with Gasteiger partial charge < -0.3 is 21.1 Å². The highest BCUT2D eigenvalue weighted by atomic mass is 32.2. The normalized spacial score (nSPS) is 10.8. The van der Waals surface area contributed by atoms with E-state index in [0.717, 1.165) is 12.8 Å². The second kappa shape index (κ2) is 9.46. The maximum atomic E-state index is 11.6. The maximum absolute atomic E-state index is 11.6. The molecule has 0 heterocycles. The molecule has 0 spiro atoms. The Hall–Kier alpha value is -1.44. The summed E-state index contributed by atoms with van der Waals surface area (Å²) in [6, 6.07) is -0.434. The van der Waals surface area contributed by atoms with E-state index in [9.17, 15) is 14.4 Å². The standard InChI is InChI=1S/C12H23N3O4S/c1-4-12(5-2,20-3)8-15-11(19)14-6-9(16)13-7-10(17)18/h4-8H2,1-3H3,(H,13,16)(H,17,18)(H2,14,15,19). The molecule has 8 heteroatoms. The molecule has 0 fully saturated rings. The molecular weight excluding hydrogens is 282 g/mol. The average Bonchev–Trinajstić information content (AvgIpc) is 2.45. The van der Waals surface area contributed by atoms with Crippen molar-refractivity contribution in [2.24, 2.45) is 0 Å². The molecule has 0 bridgehead atoms. The number of hydrogen-bond acceptors (Lipinski definition) is 4. The molecule has 0 unspecified atom stereocenters. The van der Waals surface area contributed by atoms with Crippen LogP contribution >= 0.6 is 11.8 Å². The highest BCUT2D eigenvalue weighted by Gasteiger charge is 2.25. The SMILES string of the molecule is CCC(CC)(CNC(=O)NCC(=O)NCC(=O)O)SC. The number of carbonyl (C=O) groups is 3. The average molecular weight is 305 g/mol. The minimum Gasteiger partial charge on any atom is -0.480 e. The van der Waals surface area contributed by atoms with Crippen LogP contribution in [-0.2, 0) is 9.59 Å². The van der Waals surface area contributed by atoms with Crippen molar-refractivity contribution >= 4 is 29.7 Å². The van der Waals surface area contributed by atoms with Crippen molar-refractivity contribution in [2.75, 3.05) is 25.9 Å². The monoisotopic (exact) mass is 305 g/mol. The summed E-state index contributed by atoms with van der Waals surface area (Å²) in [6.07, 6.45) is 3.88. The summed E-state index contributed by atoms with van der Waals surface area (Å²) in [4.78, 5) is 33.0. The van der Waals surface area contributed by atoms with E-state index >= 15 is 0 Å². The summed E-state index contributed by atoms with van der Waals surface area (Å²) >= 11 is 1.71. The minimum absolute atomic E-state index is 0.00288. The van der Waals surface area contributed by atoms with Gasteiger partial charge in [0.15, 0.2) is 0 Å². The van der Waals surface area contributed by atoms with Gasteiger partial charge in [-0.05, 0) is 19.1 Å². The summed E-state index contributed by atoms with van der Waals surface area (Å²) in [5, 5.41) is 15.7. The number of carboxylic acids is 1. The minimum atomic E-state index is -1.13. The van der Waals surface area contributed by atoms with Crippen molar-refractivity contribution in [3.8, 4) is 0 Å². The van der Waals surface area contributed by atoms with Crippen LogP contribution in [0.2, 0.25) is 0 Å². The van der Waals surface area contributed by atoms with Crippen molar-refractivity contribution in [1.82, 2.24) is 16.0 Å². The lowest BCUT2D eigenvalue weighted by molar-refractivity contribution is -0.137. The molecule has 0 aromatic carbocycles. The number of rotatable bonds is 9. The summed E-state index contributed by atoms with van der Waals surface area (Å²) in [7, 11) is 0. The second-order valence-electron chi connectivity index (χ2n) is 4.30. The Morgan fingerprint density at radius 3 is 2.10 bits per heavy atom. The predicted molar refractivity (Wildman–Crippen MR) is 78.9 cm³/mol. The molecule has 20 heavy (non-hydrogen) atoms. The summed E-state index contributed by atoms with van der Waals surface area (Å²) < 4.78 is 0.00288. The van der Waals surface area contributed by atoms with Crippen LogP contribution in [-0.4, -0.2) is 53.7 Å². The number of aliphatic carboxylic acids is 1. The zero-order valence-electron chi connectivity index (χ0n) is 12.1. The van der Waals surface area contributed by atoms with Crippen molar-refractivity contribution in [1.29, 1.82) is 0 Å². The van der Waals surface area contributed by atoms with Gasteiger partial charge in [0.1, 0.15) is 6.54 Å². The topological polar surface area (TPSA) is 108 Å². The van der Waals surface area contributed by atoms with E-state index in [1.807, 2.05) is 6.26 Å². The first-order chi connectivity index (χ1) is 9.39. The van der Waals surface area contributed by atoms with E-state index < -0.39 is 24.5 Å². The molecule has 0 aromatic heterocycles. The summed E-state index contributed by atoms with van der Waals surface area (Å²) in [5.74, 6) is -1.66. The molecule has 0 atom stereocenters. The van der Waals surface area contributed by atoms with Crippen LogP contribution in [0.1, 0.15) is 26.7 Å². The van der Waals surface area contributed by atoms with Gasteiger partial charge in [0.25, 0.3) is 0 Å². The van der Waals surface area contributed by atoms with E-state index in [1.54, 1.807) is 11.8 Å². The molecule has 3 amide bonds. The van der Waals surface area contributed by atoms with Crippen LogP contribution < -0.4 is 16.0 Å². The van der Waals surface area contributed by atoms with Gasteiger partial charge >= 0.3 is 12.0 Å². The third-order valence-electron chi connectivity index (χ3n) is 3.14. The number of nitrogens with one attached hydrogen (secondary N) is 3. The van der Waals surface area contributed by atoms with Crippen molar-refractivity contribution in [3.63, 3.8) is 0 Å². The Kier molecular flexibility index (Phi) is 8.78. The van der Waals surface area contributed by atoms with Gasteiger partial charge in [0.2, 0.25) is 5.91 Å². The molecule has 7 nitrogen and oxygen atoms in total. The fourth-order valence-electron chi connectivity index (χ4n) is 1.56. The lowest BCUT2D eigenvalue weighted by Crippen LogP contribution is -2.47. The van der Waals surface area contributed by atoms with Gasteiger partial charge in [0.05, 0.1) is 6.54 Å². The molecule has 0 aliphatic heterocycles. The third-order valence-corrected chi connectivity index (χ3v) is 4.73. The molecule has 0 aromatic rings. The maximum Gasteiger partial charge on any atom is 0.322 e. The zero-order valence-corrected chi connectivity index (χ0v) is 12.9. The van der Waals surface area contributed by atoms with Crippen LogP contribution in [0.15, 0.2) is 0 Å². The Morgan fingerprint density at radius 2 is 1.65 bits per heavy atom. The van der Waals surface area contributed by atoms with Gasteiger partial charge in [-0.3, -0.25) is 9.59 Å². The number of thioether (sulfide) groups is 1. The van der Waals surface area contributed by atoms with Crippen molar-refractivity contribution < 1.29 is 19.5 Å². The second-order valence-corrected chi connectivity index (χ2v) is 5.58. The Bertz CT molecular complexity index is 337. The number of urea groups is 1. The molecule has 116 valence electrons. The van der Waals surface area contributed by atoms with Crippen LogP contribution in [0.4, 0.5) is 4.79 Å². The fraction of sp³-hybridized carbons (Fsp3) is 0.750. The van der Waals surface area contributed by atoms with Crippen molar-refractivity contribution in [3.05, 3.63) is 0 Å². The smallest absolute Gasteiger partial charge is 0.322 e. The molecule has 4 N–H and O–H groups in total. The van der Waals surface area contributed by atoms with Gasteiger partial charge in [0, 0.05) is 11.3 Å². The summed E-state index contributed by atoms with van der Waals surface area (Å²) in [5.41, 5.74) is 0. The zero-order chi connectivity index (χ0) is 15.6. The molecular formula is C12H23N3O4S. The number of carboxylic acid groups (broad SMARTS) is 1. The highest BCUT2D eigenvalue weighted by molar-refractivity contribution is 8.00. The van der Waals surface area contributed by atoms with Crippen LogP contribution in [0.5, 0.6) is 0 Å². The molecule has 0 aliphatic rings.